The van der Waals surface area contributed by atoms with Crippen molar-refractivity contribution in [1.82, 2.24) is 9.62 Å². The average Bonchev–Trinajstić information content (AvgIpc) is 3.12. The Kier molecular flexibility index (Phi) is 6.50. The molecule has 0 radical (unpaired) electrons. The Balaban J connectivity index is 2.13. The molecule has 2 amide bonds. The third-order valence-electron chi connectivity index (χ3n) is 3.97. The number of benzene rings is 1. The second-order valence-corrected chi connectivity index (χ2v) is 7.62. The lowest BCUT2D eigenvalue weighted by Crippen LogP contribution is -2.45. The second-order valence-electron chi connectivity index (χ2n) is 5.76. The van der Waals surface area contributed by atoms with Crippen molar-refractivity contribution in [3.8, 4) is 0 Å². The number of nitrogens with one attached hydrogen (secondary N) is 1. The molecule has 0 spiro atoms. The van der Waals surface area contributed by atoms with Crippen LogP contribution in [-0.2, 0) is 29.1 Å². The highest BCUT2D eigenvalue weighted by molar-refractivity contribution is 7.89. The largest absolute Gasteiger partial charge is 0.453 e. The number of rotatable bonds is 5. The predicted molar refractivity (Wildman–Crippen MR) is 89.4 cm³/mol. The summed E-state index contributed by atoms with van der Waals surface area (Å²) in [6.45, 7) is 1.24. The van der Waals surface area contributed by atoms with Crippen molar-refractivity contribution in [3.05, 3.63) is 30.1 Å². The lowest BCUT2D eigenvalue weighted by Gasteiger charge is -2.24. The number of carbonyl (C=O) groups excluding carboxylic acids is 3. The van der Waals surface area contributed by atoms with E-state index in [2.05, 4.69) is 4.74 Å². The number of amides is 2. The molecule has 27 heavy (non-hydrogen) atoms. The Morgan fingerprint density at radius 1 is 1.30 bits per heavy atom. The van der Waals surface area contributed by atoms with E-state index in [-0.39, 0.29) is 13.0 Å². The van der Waals surface area contributed by atoms with E-state index in [4.69, 9.17) is 4.74 Å². The van der Waals surface area contributed by atoms with Gasteiger partial charge >= 0.3 is 12.1 Å². The van der Waals surface area contributed by atoms with Crippen LogP contribution in [0.15, 0.2) is 29.2 Å². The number of hydrogen-bond acceptors (Lipinski definition) is 7. The normalized spacial score (nSPS) is 18.6. The Bertz CT molecular complexity index is 843. The van der Waals surface area contributed by atoms with Gasteiger partial charge in [0.05, 0.1) is 7.11 Å². The lowest BCUT2D eigenvalue weighted by atomic mass is 10.2. The van der Waals surface area contributed by atoms with Crippen molar-refractivity contribution in [2.24, 2.45) is 0 Å². The zero-order valence-corrected chi connectivity index (χ0v) is 15.5. The molecule has 2 atom stereocenters. The molecule has 1 aliphatic heterocycles. The van der Waals surface area contributed by atoms with E-state index in [0.717, 1.165) is 23.5 Å². The quantitative estimate of drug-likeness (QED) is 0.723. The fraction of sp³-hybridized carbons (Fsp3) is 0.438. The molecule has 1 aromatic rings. The van der Waals surface area contributed by atoms with Gasteiger partial charge in [-0.1, -0.05) is 12.1 Å². The Morgan fingerprint density at radius 2 is 1.96 bits per heavy atom. The molecule has 1 heterocycles. The molecule has 1 saturated heterocycles. The van der Waals surface area contributed by atoms with E-state index >= 15 is 0 Å². The van der Waals surface area contributed by atoms with Crippen LogP contribution in [0.25, 0.3) is 0 Å². The number of halogens is 1. The number of carbonyl (C=O) groups is 3. The Morgan fingerprint density at radius 3 is 2.59 bits per heavy atom. The molecule has 1 N–H and O–H groups in total. The molecule has 0 saturated carbocycles. The predicted octanol–water partition coefficient (Wildman–Crippen LogP) is 0.793. The number of imide groups is 1. The van der Waals surface area contributed by atoms with Gasteiger partial charge in [-0.25, -0.2) is 17.6 Å². The number of sulfonamides is 1. The van der Waals surface area contributed by atoms with Crippen LogP contribution in [-0.4, -0.2) is 56.5 Å². The first-order valence-electron chi connectivity index (χ1n) is 8.04. The van der Waals surface area contributed by atoms with Crippen LogP contribution in [0.4, 0.5) is 9.18 Å². The summed E-state index contributed by atoms with van der Waals surface area (Å²) < 4.78 is 49.4. The molecule has 1 aliphatic rings. The van der Waals surface area contributed by atoms with Crippen LogP contribution in [0.3, 0.4) is 0 Å². The minimum Gasteiger partial charge on any atom is -0.453 e. The number of hydrogen-bond donors (Lipinski definition) is 1. The highest BCUT2D eigenvalue weighted by atomic mass is 32.2. The maximum absolute atomic E-state index is 13.9. The maximum atomic E-state index is 13.9. The van der Waals surface area contributed by atoms with Crippen molar-refractivity contribution in [2.75, 3.05) is 13.7 Å². The van der Waals surface area contributed by atoms with Crippen molar-refractivity contribution in [3.63, 3.8) is 0 Å². The zero-order valence-electron chi connectivity index (χ0n) is 14.7. The smallest absolute Gasteiger partial charge is 0.413 e. The van der Waals surface area contributed by atoms with Gasteiger partial charge in [-0.2, -0.15) is 4.31 Å². The summed E-state index contributed by atoms with van der Waals surface area (Å²) in [6.07, 6.45) is -1.84. The minimum atomic E-state index is -4.26. The SMILES string of the molecule is COC(=O)NC(=O)[C@@H](C)OC(=O)[C@@H]1CCCN1S(=O)(=O)c1ccccc1F. The van der Waals surface area contributed by atoms with Crippen LogP contribution in [0.5, 0.6) is 0 Å². The standard InChI is InChI=1S/C16H19FN2O7S/c1-10(14(20)18-16(22)25-2)26-15(21)12-7-5-9-19(12)27(23,24)13-8-4-3-6-11(13)17/h3-4,6,8,10,12H,5,7,9H2,1-2H3,(H,18,20,22)/t10-,12+/m1/s1. The van der Waals surface area contributed by atoms with Gasteiger partial charge in [0.2, 0.25) is 10.0 Å². The van der Waals surface area contributed by atoms with Crippen molar-refractivity contribution in [2.45, 2.75) is 36.8 Å². The summed E-state index contributed by atoms with van der Waals surface area (Å²) >= 11 is 0. The summed E-state index contributed by atoms with van der Waals surface area (Å²) in [5.41, 5.74) is 0. The second kappa shape index (κ2) is 8.44. The van der Waals surface area contributed by atoms with Gasteiger partial charge < -0.3 is 9.47 Å². The summed E-state index contributed by atoms with van der Waals surface area (Å²) in [6, 6.07) is 3.65. The molecule has 2 rings (SSSR count). The summed E-state index contributed by atoms with van der Waals surface area (Å²) in [5.74, 6) is -2.81. The van der Waals surface area contributed by atoms with Crippen molar-refractivity contribution in [1.29, 1.82) is 0 Å². The third kappa shape index (κ3) is 4.61. The van der Waals surface area contributed by atoms with Gasteiger partial charge in [0.25, 0.3) is 5.91 Å². The Labute approximate surface area is 155 Å². The van der Waals surface area contributed by atoms with Crippen molar-refractivity contribution < 1.29 is 36.7 Å². The molecule has 0 aromatic heterocycles. The van der Waals surface area contributed by atoms with Crippen molar-refractivity contribution >= 4 is 28.0 Å². The zero-order chi connectivity index (χ0) is 20.2. The summed E-state index contributed by atoms with van der Waals surface area (Å²) in [5, 5.41) is 1.84. The molecule has 0 bridgehead atoms. The number of esters is 1. The van der Waals surface area contributed by atoms with Gasteiger partial charge in [0.15, 0.2) is 6.10 Å². The maximum Gasteiger partial charge on any atom is 0.413 e. The van der Waals surface area contributed by atoms with Gasteiger partial charge in [-0.15, -0.1) is 0 Å². The summed E-state index contributed by atoms with van der Waals surface area (Å²) in [4.78, 5) is 34.6. The molecule has 11 heteroatoms. The number of ether oxygens (including phenoxy) is 2. The molecule has 1 fully saturated rings. The van der Waals surface area contributed by atoms with E-state index in [1.54, 1.807) is 0 Å². The van der Waals surface area contributed by atoms with Gasteiger partial charge in [0, 0.05) is 6.54 Å². The molecule has 0 aliphatic carbocycles. The van der Waals surface area contributed by atoms with E-state index < -0.39 is 50.9 Å². The lowest BCUT2D eigenvalue weighted by molar-refractivity contribution is -0.157. The van der Waals surface area contributed by atoms with Crippen LogP contribution in [0.2, 0.25) is 0 Å². The average molecular weight is 402 g/mol. The molecular formula is C16H19FN2O7S. The van der Waals surface area contributed by atoms with Crippen LogP contribution in [0.1, 0.15) is 19.8 Å². The summed E-state index contributed by atoms with van der Waals surface area (Å²) in [7, 11) is -3.20. The van der Waals surface area contributed by atoms with Crippen LogP contribution < -0.4 is 5.32 Å². The van der Waals surface area contributed by atoms with Crippen LogP contribution >= 0.6 is 0 Å². The molecule has 9 nitrogen and oxygen atoms in total. The highest BCUT2D eigenvalue weighted by Crippen LogP contribution is 2.28. The van der Waals surface area contributed by atoms with E-state index in [9.17, 15) is 27.2 Å². The number of nitrogens with zero attached hydrogens (tertiary/aromatic N) is 1. The minimum absolute atomic E-state index is 0.0131. The highest BCUT2D eigenvalue weighted by Gasteiger charge is 2.42. The first-order chi connectivity index (χ1) is 12.7. The fourth-order valence-electron chi connectivity index (χ4n) is 2.60. The number of alkyl carbamates (subject to hydrolysis) is 1. The monoisotopic (exact) mass is 402 g/mol. The fourth-order valence-corrected chi connectivity index (χ4v) is 4.32. The number of methoxy groups -OCH3 is 1. The van der Waals surface area contributed by atoms with E-state index in [0.29, 0.717) is 6.42 Å². The third-order valence-corrected chi connectivity index (χ3v) is 5.91. The van der Waals surface area contributed by atoms with Crippen LogP contribution in [0, 0.1) is 5.82 Å². The molecular weight excluding hydrogens is 383 g/mol. The van der Waals surface area contributed by atoms with Gasteiger partial charge in [-0.05, 0) is 31.9 Å². The topological polar surface area (TPSA) is 119 Å². The van der Waals surface area contributed by atoms with Gasteiger partial charge in [0.1, 0.15) is 16.8 Å². The van der Waals surface area contributed by atoms with Gasteiger partial charge in [-0.3, -0.25) is 14.9 Å². The molecule has 148 valence electrons. The van der Waals surface area contributed by atoms with E-state index in [1.165, 1.54) is 19.1 Å². The molecule has 0 unspecified atom stereocenters. The Hall–Kier alpha value is -2.53. The first-order valence-corrected chi connectivity index (χ1v) is 9.48. The van der Waals surface area contributed by atoms with E-state index in [1.807, 2.05) is 5.32 Å². The first kappa shape index (κ1) is 20.8. The molecule has 1 aromatic carbocycles.